The van der Waals surface area contributed by atoms with Crippen LogP contribution in [0.25, 0.3) is 0 Å². The second-order valence-corrected chi connectivity index (χ2v) is 5.72. The monoisotopic (exact) mass is 226 g/mol. The largest absolute Gasteiger partial charge is 0.461 e. The first-order chi connectivity index (χ1) is 7.47. The lowest BCUT2D eigenvalue weighted by Crippen LogP contribution is -2.47. The quantitative estimate of drug-likeness (QED) is 0.645. The van der Waals surface area contributed by atoms with Crippen LogP contribution in [0.1, 0.15) is 20.3 Å². The number of hydrogen-bond donors (Lipinski definition) is 0. The van der Waals surface area contributed by atoms with E-state index in [-0.39, 0.29) is 17.5 Å². The van der Waals surface area contributed by atoms with Gasteiger partial charge in [0.1, 0.15) is 6.10 Å². The molecule has 2 heterocycles. The molecule has 0 amide bonds. The van der Waals surface area contributed by atoms with E-state index in [1.807, 2.05) is 13.8 Å². The molecular weight excluding hydrogens is 204 g/mol. The SMILES string of the molecule is CN1CCN(CC2CC(C)(C)C(=O)O2)CC1. The highest BCUT2D eigenvalue weighted by Gasteiger charge is 2.41. The highest BCUT2D eigenvalue weighted by molar-refractivity contribution is 5.78. The average molecular weight is 226 g/mol. The lowest BCUT2D eigenvalue weighted by Gasteiger charge is -2.33. The summed E-state index contributed by atoms with van der Waals surface area (Å²) in [7, 11) is 2.15. The number of nitrogens with zero attached hydrogens (tertiary/aromatic N) is 2. The van der Waals surface area contributed by atoms with Gasteiger partial charge in [0.05, 0.1) is 5.41 Å². The normalized spacial score (nSPS) is 31.7. The van der Waals surface area contributed by atoms with Crippen molar-refractivity contribution in [3.63, 3.8) is 0 Å². The number of piperazine rings is 1. The van der Waals surface area contributed by atoms with Crippen molar-refractivity contribution in [2.75, 3.05) is 39.8 Å². The summed E-state index contributed by atoms with van der Waals surface area (Å²) in [6, 6.07) is 0. The highest BCUT2D eigenvalue weighted by atomic mass is 16.6. The molecule has 1 unspecified atom stereocenters. The van der Waals surface area contributed by atoms with E-state index in [9.17, 15) is 4.79 Å². The van der Waals surface area contributed by atoms with Crippen molar-refractivity contribution in [1.29, 1.82) is 0 Å². The van der Waals surface area contributed by atoms with Gasteiger partial charge in [-0.2, -0.15) is 0 Å². The molecule has 2 saturated heterocycles. The van der Waals surface area contributed by atoms with Gasteiger partial charge in [0.2, 0.25) is 0 Å². The summed E-state index contributed by atoms with van der Waals surface area (Å²) in [6.07, 6.45) is 0.962. The number of hydrogen-bond acceptors (Lipinski definition) is 4. The van der Waals surface area contributed by atoms with Gasteiger partial charge < -0.3 is 9.64 Å². The van der Waals surface area contributed by atoms with Gasteiger partial charge in [-0.25, -0.2) is 0 Å². The number of carbonyl (C=O) groups is 1. The predicted octanol–water partition coefficient (Wildman–Crippen LogP) is 0.575. The second-order valence-electron chi connectivity index (χ2n) is 5.72. The Labute approximate surface area is 97.5 Å². The molecule has 2 aliphatic rings. The maximum absolute atomic E-state index is 11.6. The van der Waals surface area contributed by atoms with Crippen molar-refractivity contribution in [1.82, 2.24) is 9.80 Å². The Bertz CT molecular complexity index is 270. The first-order valence-corrected chi connectivity index (χ1v) is 6.09. The number of esters is 1. The maximum Gasteiger partial charge on any atom is 0.311 e. The van der Waals surface area contributed by atoms with Gasteiger partial charge in [-0.15, -0.1) is 0 Å². The Kier molecular flexibility index (Phi) is 3.22. The Morgan fingerprint density at radius 3 is 2.44 bits per heavy atom. The standard InChI is InChI=1S/C12H22N2O2/c1-12(2)8-10(16-11(12)15)9-14-6-4-13(3)5-7-14/h10H,4-9H2,1-3H3. The molecule has 2 aliphatic heterocycles. The summed E-state index contributed by atoms with van der Waals surface area (Å²) in [4.78, 5) is 16.3. The van der Waals surface area contributed by atoms with Gasteiger partial charge in [0.15, 0.2) is 0 Å². The zero-order valence-corrected chi connectivity index (χ0v) is 10.5. The molecule has 0 spiro atoms. The Morgan fingerprint density at radius 2 is 1.94 bits per heavy atom. The average Bonchev–Trinajstić information content (AvgIpc) is 2.44. The second kappa shape index (κ2) is 4.34. The Morgan fingerprint density at radius 1 is 1.31 bits per heavy atom. The van der Waals surface area contributed by atoms with Crippen molar-refractivity contribution in [3.05, 3.63) is 0 Å². The highest BCUT2D eigenvalue weighted by Crippen LogP contribution is 2.33. The van der Waals surface area contributed by atoms with E-state index in [2.05, 4.69) is 16.8 Å². The molecule has 0 aromatic carbocycles. The predicted molar refractivity (Wildman–Crippen MR) is 62.2 cm³/mol. The van der Waals surface area contributed by atoms with E-state index in [4.69, 9.17) is 4.74 Å². The fraction of sp³-hybridized carbons (Fsp3) is 0.917. The third kappa shape index (κ3) is 2.55. The fourth-order valence-electron chi connectivity index (χ4n) is 2.43. The van der Waals surface area contributed by atoms with Crippen LogP contribution in [0.3, 0.4) is 0 Å². The Balaban J connectivity index is 1.81. The molecule has 2 rings (SSSR count). The molecular formula is C12H22N2O2. The summed E-state index contributed by atoms with van der Waals surface area (Å²) in [6.45, 7) is 9.26. The smallest absolute Gasteiger partial charge is 0.311 e. The number of likely N-dealkylation sites (N-methyl/N-ethyl adjacent to an activating group) is 1. The van der Waals surface area contributed by atoms with Crippen LogP contribution in [0.15, 0.2) is 0 Å². The van der Waals surface area contributed by atoms with E-state index >= 15 is 0 Å². The number of carbonyl (C=O) groups excluding carboxylic acids is 1. The summed E-state index contributed by atoms with van der Waals surface area (Å²) in [5.41, 5.74) is -0.281. The minimum atomic E-state index is -0.281. The first kappa shape index (κ1) is 11.9. The van der Waals surface area contributed by atoms with E-state index in [0.29, 0.717) is 0 Å². The molecule has 4 nitrogen and oxygen atoms in total. The number of cyclic esters (lactones) is 1. The van der Waals surface area contributed by atoms with Crippen molar-refractivity contribution < 1.29 is 9.53 Å². The molecule has 0 N–H and O–H groups in total. The fourth-order valence-corrected chi connectivity index (χ4v) is 2.43. The van der Waals surface area contributed by atoms with Crippen LogP contribution in [0.2, 0.25) is 0 Å². The van der Waals surface area contributed by atoms with Crippen molar-refractivity contribution >= 4 is 5.97 Å². The van der Waals surface area contributed by atoms with Crippen LogP contribution in [0.4, 0.5) is 0 Å². The molecule has 0 aliphatic carbocycles. The topological polar surface area (TPSA) is 32.8 Å². The molecule has 0 aromatic heterocycles. The molecule has 0 aromatic rings. The molecule has 92 valence electrons. The van der Waals surface area contributed by atoms with E-state index < -0.39 is 0 Å². The molecule has 0 radical (unpaired) electrons. The number of rotatable bonds is 2. The lowest BCUT2D eigenvalue weighted by molar-refractivity contribution is -0.148. The van der Waals surface area contributed by atoms with Gasteiger partial charge >= 0.3 is 5.97 Å². The van der Waals surface area contributed by atoms with Crippen molar-refractivity contribution in [3.8, 4) is 0 Å². The van der Waals surface area contributed by atoms with E-state index in [1.54, 1.807) is 0 Å². The summed E-state index contributed by atoms with van der Waals surface area (Å²) < 4.78 is 5.41. The third-order valence-electron chi connectivity index (χ3n) is 3.62. The molecule has 4 heteroatoms. The minimum absolute atomic E-state index is 0.0355. The van der Waals surface area contributed by atoms with Crippen LogP contribution >= 0.6 is 0 Å². The summed E-state index contributed by atoms with van der Waals surface area (Å²) in [5, 5.41) is 0. The third-order valence-corrected chi connectivity index (χ3v) is 3.62. The van der Waals surface area contributed by atoms with Gasteiger partial charge in [-0.1, -0.05) is 0 Å². The zero-order valence-electron chi connectivity index (χ0n) is 10.5. The summed E-state index contributed by atoms with van der Waals surface area (Å²) in [5.74, 6) is -0.0355. The number of ether oxygens (including phenoxy) is 1. The van der Waals surface area contributed by atoms with Crippen LogP contribution in [-0.4, -0.2) is 61.6 Å². The molecule has 0 saturated carbocycles. The van der Waals surface area contributed by atoms with Gasteiger partial charge in [-0.3, -0.25) is 9.69 Å². The van der Waals surface area contributed by atoms with Gasteiger partial charge in [-0.05, 0) is 20.9 Å². The minimum Gasteiger partial charge on any atom is -0.461 e. The maximum atomic E-state index is 11.6. The van der Waals surface area contributed by atoms with Crippen molar-refractivity contribution in [2.24, 2.45) is 5.41 Å². The molecule has 0 bridgehead atoms. The van der Waals surface area contributed by atoms with Gasteiger partial charge in [0, 0.05) is 39.1 Å². The van der Waals surface area contributed by atoms with Crippen LogP contribution in [0.5, 0.6) is 0 Å². The lowest BCUT2D eigenvalue weighted by atomic mass is 9.90. The molecule has 16 heavy (non-hydrogen) atoms. The Hall–Kier alpha value is -0.610. The van der Waals surface area contributed by atoms with E-state index in [0.717, 1.165) is 39.1 Å². The van der Waals surface area contributed by atoms with Crippen molar-refractivity contribution in [2.45, 2.75) is 26.4 Å². The summed E-state index contributed by atoms with van der Waals surface area (Å²) >= 11 is 0. The van der Waals surface area contributed by atoms with Crippen LogP contribution < -0.4 is 0 Å². The van der Waals surface area contributed by atoms with Crippen LogP contribution in [-0.2, 0) is 9.53 Å². The molecule has 1 atom stereocenters. The van der Waals surface area contributed by atoms with Gasteiger partial charge in [0.25, 0.3) is 0 Å². The molecule has 2 fully saturated rings. The van der Waals surface area contributed by atoms with E-state index in [1.165, 1.54) is 0 Å². The zero-order chi connectivity index (χ0) is 11.8. The van der Waals surface area contributed by atoms with Crippen LogP contribution in [0, 0.1) is 5.41 Å². The first-order valence-electron chi connectivity index (χ1n) is 6.09.